The van der Waals surface area contributed by atoms with Crippen molar-refractivity contribution in [1.82, 2.24) is 10.2 Å². The molecule has 0 saturated carbocycles. The van der Waals surface area contributed by atoms with Crippen LogP contribution in [0.15, 0.2) is 0 Å². The minimum absolute atomic E-state index is 0.0470. The number of hydrogen-bond donors (Lipinski definition) is 2. The molecule has 18 heavy (non-hydrogen) atoms. The summed E-state index contributed by atoms with van der Waals surface area (Å²) in [4.78, 5) is 25.0. The van der Waals surface area contributed by atoms with Gasteiger partial charge in [-0.3, -0.25) is 9.59 Å². The maximum Gasteiger partial charge on any atom is 0.239 e. The van der Waals surface area contributed by atoms with Gasteiger partial charge in [-0.15, -0.1) is 0 Å². The van der Waals surface area contributed by atoms with Crippen LogP contribution in [-0.4, -0.2) is 42.9 Å². The van der Waals surface area contributed by atoms with Gasteiger partial charge in [0.05, 0.1) is 6.54 Å². The second-order valence-corrected chi connectivity index (χ2v) is 4.83. The molecule has 3 N–H and O–H groups in total. The Labute approximate surface area is 110 Å². The van der Waals surface area contributed by atoms with Crippen LogP contribution in [0.2, 0.25) is 0 Å². The lowest BCUT2D eigenvalue weighted by Crippen LogP contribution is -2.41. The molecule has 2 atom stereocenters. The molecule has 0 radical (unpaired) electrons. The molecule has 0 rings (SSSR count). The normalized spacial score (nSPS) is 13.8. The lowest BCUT2D eigenvalue weighted by atomic mass is 10.0. The van der Waals surface area contributed by atoms with Gasteiger partial charge < -0.3 is 16.0 Å². The second kappa shape index (κ2) is 8.91. The maximum atomic E-state index is 12.1. The number of nitrogens with zero attached hydrogens (tertiary/aromatic N) is 1. The Kier molecular flexibility index (Phi) is 8.37. The van der Waals surface area contributed by atoms with E-state index in [1.54, 1.807) is 11.9 Å². The smallest absolute Gasteiger partial charge is 0.239 e. The Balaban J connectivity index is 4.18. The molecule has 0 aliphatic rings. The SMILES string of the molecule is CCN(CC(=O)NC)C(=O)C(C)CCCC(C)N. The Hall–Kier alpha value is -1.10. The highest BCUT2D eigenvalue weighted by atomic mass is 16.2. The molecular weight excluding hydrogens is 230 g/mol. The van der Waals surface area contributed by atoms with Gasteiger partial charge in [0.15, 0.2) is 0 Å². The maximum absolute atomic E-state index is 12.1. The van der Waals surface area contributed by atoms with Crippen LogP contribution in [0.5, 0.6) is 0 Å². The molecule has 5 nitrogen and oxygen atoms in total. The first-order valence-corrected chi connectivity index (χ1v) is 6.67. The average molecular weight is 257 g/mol. The number of amides is 2. The zero-order valence-corrected chi connectivity index (χ0v) is 12.0. The van der Waals surface area contributed by atoms with E-state index in [0.29, 0.717) is 6.54 Å². The van der Waals surface area contributed by atoms with Crippen molar-refractivity contribution in [1.29, 1.82) is 0 Å². The summed E-state index contributed by atoms with van der Waals surface area (Å²) in [6.07, 6.45) is 2.70. The molecule has 2 unspecified atom stereocenters. The van der Waals surface area contributed by atoms with Crippen molar-refractivity contribution in [3.63, 3.8) is 0 Å². The van der Waals surface area contributed by atoms with Crippen molar-refractivity contribution < 1.29 is 9.59 Å². The predicted octanol–water partition coefficient (Wildman–Crippen LogP) is 0.735. The Morgan fingerprint density at radius 3 is 2.33 bits per heavy atom. The fourth-order valence-electron chi connectivity index (χ4n) is 1.78. The molecular formula is C13H27N3O2. The first kappa shape index (κ1) is 16.9. The molecule has 0 aromatic rings. The third kappa shape index (κ3) is 6.59. The van der Waals surface area contributed by atoms with Crippen LogP contribution < -0.4 is 11.1 Å². The largest absolute Gasteiger partial charge is 0.358 e. The van der Waals surface area contributed by atoms with E-state index in [9.17, 15) is 9.59 Å². The van der Waals surface area contributed by atoms with E-state index in [-0.39, 0.29) is 30.3 Å². The topological polar surface area (TPSA) is 75.4 Å². The summed E-state index contributed by atoms with van der Waals surface area (Å²) in [7, 11) is 1.58. The third-order valence-electron chi connectivity index (χ3n) is 3.02. The molecule has 5 heteroatoms. The standard InChI is InChI=1S/C13H27N3O2/c1-5-16(9-12(17)15-4)13(18)10(2)7-6-8-11(3)14/h10-11H,5-9,14H2,1-4H3,(H,15,17). The van der Waals surface area contributed by atoms with Crippen LogP contribution >= 0.6 is 0 Å². The zero-order valence-electron chi connectivity index (χ0n) is 12.0. The average Bonchev–Trinajstić information content (AvgIpc) is 2.34. The van der Waals surface area contributed by atoms with E-state index in [2.05, 4.69) is 5.32 Å². The van der Waals surface area contributed by atoms with Crippen molar-refractivity contribution >= 4 is 11.8 Å². The fraction of sp³-hybridized carbons (Fsp3) is 0.846. The number of nitrogens with two attached hydrogens (primary N) is 1. The lowest BCUT2D eigenvalue weighted by molar-refractivity contribution is -0.138. The molecule has 0 saturated heterocycles. The van der Waals surface area contributed by atoms with Gasteiger partial charge >= 0.3 is 0 Å². The monoisotopic (exact) mass is 257 g/mol. The van der Waals surface area contributed by atoms with Gasteiger partial charge in [-0.05, 0) is 26.7 Å². The van der Waals surface area contributed by atoms with Gasteiger partial charge in [-0.25, -0.2) is 0 Å². The highest BCUT2D eigenvalue weighted by Gasteiger charge is 2.20. The summed E-state index contributed by atoms with van der Waals surface area (Å²) in [6.45, 7) is 6.47. The summed E-state index contributed by atoms with van der Waals surface area (Å²) in [6, 6.07) is 0.181. The van der Waals surface area contributed by atoms with Gasteiger partial charge in [0.2, 0.25) is 11.8 Å². The highest BCUT2D eigenvalue weighted by Crippen LogP contribution is 2.12. The summed E-state index contributed by atoms with van der Waals surface area (Å²) >= 11 is 0. The van der Waals surface area contributed by atoms with Crippen molar-refractivity contribution in [2.75, 3.05) is 20.1 Å². The molecule has 106 valence electrons. The zero-order chi connectivity index (χ0) is 14.1. The van der Waals surface area contributed by atoms with Gasteiger partial charge in [-0.1, -0.05) is 13.3 Å². The molecule has 0 aliphatic carbocycles. The van der Waals surface area contributed by atoms with Crippen LogP contribution in [0.1, 0.15) is 40.0 Å². The van der Waals surface area contributed by atoms with Crippen LogP contribution in [0.4, 0.5) is 0 Å². The van der Waals surface area contributed by atoms with Crippen LogP contribution in [0.3, 0.4) is 0 Å². The van der Waals surface area contributed by atoms with Gasteiger partial charge in [0.1, 0.15) is 0 Å². The summed E-state index contributed by atoms with van der Waals surface area (Å²) in [5.41, 5.74) is 5.68. The summed E-state index contributed by atoms with van der Waals surface area (Å²) in [5.74, 6) is -0.132. The number of carbonyl (C=O) groups excluding carboxylic acids is 2. The van der Waals surface area contributed by atoms with E-state index < -0.39 is 0 Å². The summed E-state index contributed by atoms with van der Waals surface area (Å²) < 4.78 is 0. The Morgan fingerprint density at radius 1 is 1.28 bits per heavy atom. The first-order valence-electron chi connectivity index (χ1n) is 6.67. The second-order valence-electron chi connectivity index (χ2n) is 4.83. The molecule has 0 aromatic heterocycles. The van der Waals surface area contributed by atoms with E-state index >= 15 is 0 Å². The van der Waals surface area contributed by atoms with Crippen molar-refractivity contribution in [2.45, 2.75) is 46.1 Å². The van der Waals surface area contributed by atoms with E-state index in [1.807, 2.05) is 20.8 Å². The van der Waals surface area contributed by atoms with Gasteiger partial charge in [0, 0.05) is 25.6 Å². The number of carbonyl (C=O) groups is 2. The molecule has 0 aromatic carbocycles. The van der Waals surface area contributed by atoms with Gasteiger partial charge in [-0.2, -0.15) is 0 Å². The fourth-order valence-corrected chi connectivity index (χ4v) is 1.78. The van der Waals surface area contributed by atoms with E-state index in [1.165, 1.54) is 0 Å². The number of nitrogens with one attached hydrogen (secondary N) is 1. The molecule has 0 bridgehead atoms. The van der Waals surface area contributed by atoms with Crippen LogP contribution in [0, 0.1) is 5.92 Å². The van der Waals surface area contributed by atoms with E-state index in [0.717, 1.165) is 19.3 Å². The van der Waals surface area contributed by atoms with Crippen molar-refractivity contribution in [2.24, 2.45) is 11.7 Å². The highest BCUT2D eigenvalue weighted by molar-refractivity contribution is 5.85. The molecule has 2 amide bonds. The van der Waals surface area contributed by atoms with Crippen molar-refractivity contribution in [3.8, 4) is 0 Å². The molecule has 0 heterocycles. The first-order chi connectivity index (χ1) is 8.42. The van der Waals surface area contributed by atoms with Crippen LogP contribution in [-0.2, 0) is 9.59 Å². The minimum atomic E-state index is -0.131. The Morgan fingerprint density at radius 2 is 1.89 bits per heavy atom. The number of likely N-dealkylation sites (N-methyl/N-ethyl adjacent to an activating group) is 2. The molecule has 0 fully saturated rings. The summed E-state index contributed by atoms with van der Waals surface area (Å²) in [5, 5.41) is 2.53. The third-order valence-corrected chi connectivity index (χ3v) is 3.02. The molecule has 0 aliphatic heterocycles. The Bertz CT molecular complexity index is 267. The minimum Gasteiger partial charge on any atom is -0.358 e. The molecule has 0 spiro atoms. The van der Waals surface area contributed by atoms with E-state index in [4.69, 9.17) is 5.73 Å². The number of hydrogen-bond acceptors (Lipinski definition) is 3. The van der Waals surface area contributed by atoms with Crippen LogP contribution in [0.25, 0.3) is 0 Å². The van der Waals surface area contributed by atoms with Gasteiger partial charge in [0.25, 0.3) is 0 Å². The lowest BCUT2D eigenvalue weighted by Gasteiger charge is -2.23. The number of rotatable bonds is 8. The quantitative estimate of drug-likeness (QED) is 0.673. The van der Waals surface area contributed by atoms with Crippen molar-refractivity contribution in [3.05, 3.63) is 0 Å². The predicted molar refractivity (Wildman–Crippen MR) is 73.0 cm³/mol.